The van der Waals surface area contributed by atoms with E-state index in [1.54, 1.807) is 0 Å². The number of para-hydroxylation sites is 1. The van der Waals surface area contributed by atoms with Gasteiger partial charge in [-0.15, -0.1) is 0 Å². The van der Waals surface area contributed by atoms with Gasteiger partial charge in [0, 0.05) is 49.5 Å². The second-order valence-corrected chi connectivity index (χ2v) is 8.39. The maximum Gasteiger partial charge on any atom is 0.135 e. The summed E-state index contributed by atoms with van der Waals surface area (Å²) in [6, 6.07) is 17.6. The molecule has 1 aliphatic heterocycles. The molecule has 1 aliphatic rings. The molecule has 0 spiro atoms. The lowest BCUT2D eigenvalue weighted by molar-refractivity contribution is 0.196. The number of halogens is 2. The van der Waals surface area contributed by atoms with E-state index in [-0.39, 0.29) is 5.56 Å². The summed E-state index contributed by atoms with van der Waals surface area (Å²) >= 11 is 0. The van der Waals surface area contributed by atoms with Crippen LogP contribution in [0.5, 0.6) is 0 Å². The van der Waals surface area contributed by atoms with Gasteiger partial charge in [-0.1, -0.05) is 18.2 Å². The molecule has 0 aliphatic carbocycles. The van der Waals surface area contributed by atoms with Crippen LogP contribution in [0, 0.1) is 11.6 Å². The predicted octanol–water partition coefficient (Wildman–Crippen LogP) is 5.58. The minimum atomic E-state index is -0.622. The van der Waals surface area contributed by atoms with E-state index in [1.165, 1.54) is 12.1 Å². The van der Waals surface area contributed by atoms with Gasteiger partial charge in [0.15, 0.2) is 0 Å². The lowest BCUT2D eigenvalue weighted by atomic mass is 9.96. The maximum atomic E-state index is 14.5. The molecule has 1 aromatic heterocycles. The largest absolute Gasteiger partial charge is 0.378 e. The molecule has 0 saturated heterocycles. The smallest absolute Gasteiger partial charge is 0.135 e. The average Bonchev–Trinajstić information content (AvgIpc) is 3.25. The third-order valence-electron chi connectivity index (χ3n) is 5.70. The minimum absolute atomic E-state index is 0.282. The number of rotatable bonds is 5. The number of hydrogen-bond donors (Lipinski definition) is 0. The van der Waals surface area contributed by atoms with Gasteiger partial charge in [-0.3, -0.25) is 4.98 Å². The maximum absolute atomic E-state index is 14.5. The fourth-order valence-electron chi connectivity index (χ4n) is 3.64. The Hall–Kier alpha value is -3.41. The van der Waals surface area contributed by atoms with Crippen molar-refractivity contribution in [3.8, 4) is 11.3 Å². The molecule has 0 radical (unpaired) electrons. The zero-order valence-corrected chi connectivity index (χ0v) is 18.2. The van der Waals surface area contributed by atoms with Crippen molar-refractivity contribution >= 4 is 11.4 Å². The fraction of sp³-hybridized carbons (Fsp3) is 0.240. The summed E-state index contributed by atoms with van der Waals surface area (Å²) in [6.45, 7) is 4.86. The van der Waals surface area contributed by atoms with Crippen molar-refractivity contribution in [1.82, 2.24) is 9.88 Å². The number of nitrogens with zero attached hydrogens (tertiary/aromatic N) is 4. The third-order valence-corrected chi connectivity index (χ3v) is 5.70. The molecule has 0 N–H and O–H groups in total. The van der Waals surface area contributed by atoms with Crippen LogP contribution in [0.1, 0.15) is 19.5 Å². The predicted molar refractivity (Wildman–Crippen MR) is 122 cm³/mol. The van der Waals surface area contributed by atoms with Crippen molar-refractivity contribution in [2.24, 2.45) is 0 Å². The minimum Gasteiger partial charge on any atom is -0.378 e. The van der Waals surface area contributed by atoms with Crippen LogP contribution in [0.4, 0.5) is 20.2 Å². The Bertz CT molecular complexity index is 1110. The highest BCUT2D eigenvalue weighted by molar-refractivity contribution is 5.66. The van der Waals surface area contributed by atoms with Crippen LogP contribution < -0.4 is 9.80 Å². The Labute approximate surface area is 182 Å². The van der Waals surface area contributed by atoms with Crippen LogP contribution in [0.15, 0.2) is 73.1 Å². The van der Waals surface area contributed by atoms with Crippen molar-refractivity contribution < 1.29 is 8.78 Å². The van der Waals surface area contributed by atoms with Gasteiger partial charge in [0.25, 0.3) is 0 Å². The van der Waals surface area contributed by atoms with E-state index < -0.39 is 17.2 Å². The normalized spacial score (nSPS) is 13.7. The molecule has 2 heterocycles. The van der Waals surface area contributed by atoms with Crippen LogP contribution in [-0.2, 0) is 5.54 Å². The van der Waals surface area contributed by atoms with Gasteiger partial charge in [0.2, 0.25) is 0 Å². The summed E-state index contributed by atoms with van der Waals surface area (Å²) in [5, 5.41) is 0. The Kier molecular flexibility index (Phi) is 5.39. The molecule has 2 aromatic carbocycles. The highest BCUT2D eigenvalue weighted by Gasteiger charge is 2.32. The number of aromatic nitrogens is 1. The number of pyridine rings is 1. The van der Waals surface area contributed by atoms with E-state index in [0.29, 0.717) is 12.4 Å². The second kappa shape index (κ2) is 8.02. The molecule has 0 atom stereocenters. The Morgan fingerprint density at radius 2 is 1.68 bits per heavy atom. The van der Waals surface area contributed by atoms with E-state index in [1.807, 2.05) is 55.5 Å². The number of anilines is 2. The van der Waals surface area contributed by atoms with Gasteiger partial charge < -0.3 is 14.7 Å². The molecule has 4 nitrogen and oxygen atoms in total. The fourth-order valence-corrected chi connectivity index (χ4v) is 3.64. The third kappa shape index (κ3) is 4.10. The highest BCUT2D eigenvalue weighted by Crippen LogP contribution is 2.35. The van der Waals surface area contributed by atoms with Crippen LogP contribution in [0.2, 0.25) is 0 Å². The van der Waals surface area contributed by atoms with Crippen LogP contribution >= 0.6 is 0 Å². The molecule has 3 aromatic rings. The van der Waals surface area contributed by atoms with Crippen molar-refractivity contribution in [1.29, 1.82) is 0 Å². The molecule has 0 saturated carbocycles. The first kappa shape index (κ1) is 20.8. The first-order valence-corrected chi connectivity index (χ1v) is 10.2. The number of hydrogen-bond acceptors (Lipinski definition) is 4. The first-order chi connectivity index (χ1) is 14.8. The Morgan fingerprint density at radius 1 is 0.935 bits per heavy atom. The Morgan fingerprint density at radius 3 is 2.35 bits per heavy atom. The van der Waals surface area contributed by atoms with Crippen molar-refractivity contribution in [2.45, 2.75) is 19.4 Å². The van der Waals surface area contributed by atoms with Gasteiger partial charge in [0.1, 0.15) is 11.6 Å². The van der Waals surface area contributed by atoms with Gasteiger partial charge in [0.05, 0.1) is 23.6 Å². The summed E-state index contributed by atoms with van der Waals surface area (Å²) in [5.41, 5.74) is 3.12. The molecule has 4 rings (SSSR count). The van der Waals surface area contributed by atoms with Crippen LogP contribution in [0.3, 0.4) is 0 Å². The Balaban J connectivity index is 1.71. The summed E-state index contributed by atoms with van der Waals surface area (Å²) in [6.07, 6.45) is 4.10. The van der Waals surface area contributed by atoms with E-state index in [0.717, 1.165) is 23.1 Å². The lowest BCUT2D eigenvalue weighted by Crippen LogP contribution is -2.40. The molecule has 31 heavy (non-hydrogen) atoms. The van der Waals surface area contributed by atoms with Crippen molar-refractivity contribution in [3.63, 3.8) is 0 Å². The van der Waals surface area contributed by atoms with Gasteiger partial charge in [-0.2, -0.15) is 0 Å². The molecular formula is C25H26F2N4. The SMILES string of the molecule is CN(C)c1cc(-c2ccc(F)cc2F)nc(C(C)(C)N2C=CN(c3ccccc3)C2)c1. The van der Waals surface area contributed by atoms with Crippen molar-refractivity contribution in [2.75, 3.05) is 30.6 Å². The zero-order chi connectivity index (χ0) is 22.2. The van der Waals surface area contributed by atoms with E-state index in [4.69, 9.17) is 4.98 Å². The summed E-state index contributed by atoms with van der Waals surface area (Å²) in [4.78, 5) is 11.1. The van der Waals surface area contributed by atoms with Gasteiger partial charge in [-0.25, -0.2) is 8.78 Å². The monoisotopic (exact) mass is 420 g/mol. The molecule has 0 fully saturated rings. The molecule has 0 unspecified atom stereocenters. The standard InChI is InChI=1S/C25H26F2N4/c1-25(2,31-13-12-30(17-31)19-8-6-5-7-9-19)24-16-20(29(3)4)15-23(28-24)21-11-10-18(26)14-22(21)27/h5-16H,17H2,1-4H3. The molecule has 6 heteroatoms. The molecule has 0 amide bonds. The first-order valence-electron chi connectivity index (χ1n) is 10.2. The summed E-state index contributed by atoms with van der Waals surface area (Å²) < 4.78 is 27.9. The lowest BCUT2D eigenvalue weighted by Gasteiger charge is -2.37. The van der Waals surface area contributed by atoms with E-state index in [9.17, 15) is 8.78 Å². The molecular weight excluding hydrogens is 394 g/mol. The summed E-state index contributed by atoms with van der Waals surface area (Å²) in [7, 11) is 3.87. The summed E-state index contributed by atoms with van der Waals surface area (Å²) in [5.74, 6) is -1.22. The van der Waals surface area contributed by atoms with E-state index >= 15 is 0 Å². The van der Waals surface area contributed by atoms with Gasteiger partial charge >= 0.3 is 0 Å². The van der Waals surface area contributed by atoms with E-state index in [2.05, 4.69) is 42.0 Å². The van der Waals surface area contributed by atoms with Crippen LogP contribution in [0.25, 0.3) is 11.3 Å². The topological polar surface area (TPSA) is 22.6 Å². The zero-order valence-electron chi connectivity index (χ0n) is 18.2. The molecule has 160 valence electrons. The number of benzene rings is 2. The molecule has 0 bridgehead atoms. The van der Waals surface area contributed by atoms with Gasteiger partial charge in [-0.05, 0) is 50.2 Å². The second-order valence-electron chi connectivity index (χ2n) is 8.39. The highest BCUT2D eigenvalue weighted by atomic mass is 19.1. The quantitative estimate of drug-likeness (QED) is 0.537. The average molecular weight is 421 g/mol. The van der Waals surface area contributed by atoms with Crippen LogP contribution in [-0.4, -0.2) is 30.6 Å². The van der Waals surface area contributed by atoms with Crippen molar-refractivity contribution in [3.05, 3.63) is 90.4 Å².